The normalized spacial score (nSPS) is 26.2. The van der Waals surface area contributed by atoms with Crippen LogP contribution in [0.1, 0.15) is 31.2 Å². The summed E-state index contributed by atoms with van der Waals surface area (Å²) < 4.78 is 18.1. The van der Waals surface area contributed by atoms with Gasteiger partial charge in [-0.2, -0.15) is 0 Å². The number of nitrogens with one attached hydrogen (secondary N) is 1. The fourth-order valence-corrected chi connectivity index (χ4v) is 3.27. The Labute approximate surface area is 130 Å². The molecule has 0 aromatic heterocycles. The van der Waals surface area contributed by atoms with Gasteiger partial charge in [-0.25, -0.2) is 9.18 Å². The number of carbonyl (C=O) groups is 1. The van der Waals surface area contributed by atoms with Crippen molar-refractivity contribution < 1.29 is 13.9 Å². The van der Waals surface area contributed by atoms with Crippen LogP contribution in [0.25, 0.3) is 0 Å². The number of rotatable bonds is 4. The minimum atomic E-state index is -0.635. The highest BCUT2D eigenvalue weighted by Crippen LogP contribution is 2.27. The number of nitrogens with zero attached hydrogens (tertiary/aromatic N) is 1. The molecule has 120 valence electrons. The van der Waals surface area contributed by atoms with E-state index in [4.69, 9.17) is 4.74 Å². The quantitative estimate of drug-likeness (QED) is 0.930. The van der Waals surface area contributed by atoms with Gasteiger partial charge in [0, 0.05) is 25.2 Å². The van der Waals surface area contributed by atoms with Crippen LogP contribution in [-0.2, 0) is 11.3 Å². The third-order valence-corrected chi connectivity index (χ3v) is 4.61. The Morgan fingerprint density at radius 1 is 1.18 bits per heavy atom. The molecule has 0 atom stereocenters. The minimum absolute atomic E-state index is 0.182. The second-order valence-electron chi connectivity index (χ2n) is 6.26. The lowest BCUT2D eigenvalue weighted by atomic mass is 9.88. The zero-order valence-corrected chi connectivity index (χ0v) is 12.7. The Hall–Kier alpha value is -1.62. The van der Waals surface area contributed by atoms with Crippen molar-refractivity contribution in [1.82, 2.24) is 10.2 Å². The molecule has 1 saturated heterocycles. The number of likely N-dealkylation sites (tertiary alicyclic amines) is 1. The number of hydrogen-bond acceptors (Lipinski definition) is 3. The summed E-state index contributed by atoms with van der Waals surface area (Å²) >= 11 is 0. The Balaban J connectivity index is 1.34. The maximum atomic E-state index is 12.9. The average molecular weight is 306 g/mol. The lowest BCUT2D eigenvalue weighted by Crippen LogP contribution is -2.55. The van der Waals surface area contributed by atoms with E-state index in [1.807, 2.05) is 30.3 Å². The Morgan fingerprint density at radius 2 is 1.86 bits per heavy atom. The number of halogens is 1. The summed E-state index contributed by atoms with van der Waals surface area (Å²) in [6.45, 7) is 1.47. The number of benzene rings is 1. The summed E-state index contributed by atoms with van der Waals surface area (Å²) in [4.78, 5) is 14.0. The SMILES string of the molecule is O=C(N[C@H]1CC[C@@H](N2CC(F)C2)CC1)OCc1ccccc1. The first-order chi connectivity index (χ1) is 10.7. The maximum absolute atomic E-state index is 12.9. The molecule has 5 heteroatoms. The van der Waals surface area contributed by atoms with Gasteiger partial charge in [-0.15, -0.1) is 0 Å². The summed E-state index contributed by atoms with van der Waals surface area (Å²) in [5, 5.41) is 2.94. The molecule has 1 N–H and O–H groups in total. The monoisotopic (exact) mass is 306 g/mol. The molecule has 22 heavy (non-hydrogen) atoms. The molecule has 0 unspecified atom stereocenters. The second kappa shape index (κ2) is 7.09. The molecule has 0 radical (unpaired) electrons. The zero-order chi connectivity index (χ0) is 15.4. The van der Waals surface area contributed by atoms with Crippen LogP contribution < -0.4 is 5.32 Å². The third-order valence-electron chi connectivity index (χ3n) is 4.61. The van der Waals surface area contributed by atoms with Gasteiger partial charge in [-0.1, -0.05) is 30.3 Å². The zero-order valence-electron chi connectivity index (χ0n) is 12.7. The van der Waals surface area contributed by atoms with E-state index >= 15 is 0 Å². The van der Waals surface area contributed by atoms with Crippen molar-refractivity contribution in [2.45, 2.75) is 50.5 Å². The van der Waals surface area contributed by atoms with Gasteiger partial charge in [0.25, 0.3) is 0 Å². The first-order valence-electron chi connectivity index (χ1n) is 8.06. The van der Waals surface area contributed by atoms with Crippen molar-refractivity contribution in [2.24, 2.45) is 0 Å². The van der Waals surface area contributed by atoms with Gasteiger partial charge in [-0.05, 0) is 31.2 Å². The van der Waals surface area contributed by atoms with Gasteiger partial charge in [0.2, 0.25) is 0 Å². The lowest BCUT2D eigenvalue weighted by Gasteiger charge is -2.43. The fourth-order valence-electron chi connectivity index (χ4n) is 3.27. The average Bonchev–Trinajstić information content (AvgIpc) is 2.52. The van der Waals surface area contributed by atoms with Crippen molar-refractivity contribution >= 4 is 6.09 Å². The Morgan fingerprint density at radius 3 is 2.50 bits per heavy atom. The van der Waals surface area contributed by atoms with E-state index in [-0.39, 0.29) is 12.1 Å². The van der Waals surface area contributed by atoms with Crippen LogP contribution in [0.4, 0.5) is 9.18 Å². The maximum Gasteiger partial charge on any atom is 0.407 e. The standard InChI is InChI=1S/C17H23FN2O2/c18-14-10-20(11-14)16-8-6-15(7-9-16)19-17(21)22-12-13-4-2-1-3-5-13/h1-5,14-16H,6-12H2,(H,19,21)/t15-,16+. The van der Waals surface area contributed by atoms with Crippen molar-refractivity contribution in [2.75, 3.05) is 13.1 Å². The van der Waals surface area contributed by atoms with Crippen LogP contribution in [0.5, 0.6) is 0 Å². The van der Waals surface area contributed by atoms with Crippen LogP contribution >= 0.6 is 0 Å². The highest BCUT2D eigenvalue weighted by molar-refractivity contribution is 5.67. The number of ether oxygens (including phenoxy) is 1. The molecule has 1 aliphatic carbocycles. The molecule has 1 saturated carbocycles. The molecule has 1 heterocycles. The molecule has 1 amide bonds. The number of amides is 1. The highest BCUT2D eigenvalue weighted by atomic mass is 19.1. The molecule has 1 aliphatic heterocycles. The molecule has 1 aromatic rings. The van der Waals surface area contributed by atoms with Gasteiger partial charge in [0.15, 0.2) is 0 Å². The van der Waals surface area contributed by atoms with Gasteiger partial charge < -0.3 is 10.1 Å². The van der Waals surface area contributed by atoms with Crippen LogP contribution in [-0.4, -0.2) is 42.3 Å². The Bertz CT molecular complexity index is 483. The van der Waals surface area contributed by atoms with Crippen LogP contribution in [0, 0.1) is 0 Å². The molecule has 3 rings (SSSR count). The number of alkyl carbamates (subject to hydrolysis) is 1. The summed E-state index contributed by atoms with van der Waals surface area (Å²) in [6, 6.07) is 10.3. The number of carbonyl (C=O) groups excluding carboxylic acids is 1. The van der Waals surface area contributed by atoms with Gasteiger partial charge >= 0.3 is 6.09 Å². The lowest BCUT2D eigenvalue weighted by molar-refractivity contribution is 0.0107. The first kappa shape index (κ1) is 15.3. The summed E-state index contributed by atoms with van der Waals surface area (Å²) in [5.41, 5.74) is 0.986. The molecule has 1 aromatic carbocycles. The molecular formula is C17H23FN2O2. The molecular weight excluding hydrogens is 283 g/mol. The predicted octanol–water partition coefficient (Wildman–Crippen LogP) is 2.88. The molecule has 4 nitrogen and oxygen atoms in total. The van der Waals surface area contributed by atoms with E-state index in [1.165, 1.54) is 0 Å². The fraction of sp³-hybridized carbons (Fsp3) is 0.588. The largest absolute Gasteiger partial charge is 0.445 e. The van der Waals surface area contributed by atoms with E-state index in [9.17, 15) is 9.18 Å². The predicted molar refractivity (Wildman–Crippen MR) is 82.3 cm³/mol. The van der Waals surface area contributed by atoms with Crippen molar-refractivity contribution in [3.05, 3.63) is 35.9 Å². The molecule has 2 aliphatic rings. The van der Waals surface area contributed by atoms with E-state index in [1.54, 1.807) is 0 Å². The van der Waals surface area contributed by atoms with Gasteiger partial charge in [-0.3, -0.25) is 4.90 Å². The van der Waals surface area contributed by atoms with Crippen LogP contribution in [0.3, 0.4) is 0 Å². The molecule has 2 fully saturated rings. The Kier molecular flexibility index (Phi) is 4.93. The van der Waals surface area contributed by atoms with E-state index in [0.717, 1.165) is 31.2 Å². The summed E-state index contributed by atoms with van der Waals surface area (Å²) in [5.74, 6) is 0. The van der Waals surface area contributed by atoms with Crippen molar-refractivity contribution in [1.29, 1.82) is 0 Å². The summed E-state index contributed by atoms with van der Waals surface area (Å²) in [7, 11) is 0. The van der Waals surface area contributed by atoms with Gasteiger partial charge in [0.1, 0.15) is 12.8 Å². The number of alkyl halides is 1. The first-order valence-corrected chi connectivity index (χ1v) is 8.06. The topological polar surface area (TPSA) is 41.6 Å². The van der Waals surface area contributed by atoms with Gasteiger partial charge in [0.05, 0.1) is 0 Å². The van der Waals surface area contributed by atoms with Crippen LogP contribution in [0.15, 0.2) is 30.3 Å². The highest BCUT2D eigenvalue weighted by Gasteiger charge is 2.34. The van der Waals surface area contributed by atoms with E-state index < -0.39 is 6.17 Å². The smallest absolute Gasteiger partial charge is 0.407 e. The van der Waals surface area contributed by atoms with Crippen molar-refractivity contribution in [3.8, 4) is 0 Å². The third kappa shape index (κ3) is 3.97. The van der Waals surface area contributed by atoms with E-state index in [2.05, 4.69) is 10.2 Å². The number of hydrogen-bond donors (Lipinski definition) is 1. The molecule has 0 bridgehead atoms. The summed E-state index contributed by atoms with van der Waals surface area (Å²) in [6.07, 6.45) is 2.95. The molecule has 0 spiro atoms. The van der Waals surface area contributed by atoms with E-state index in [0.29, 0.717) is 25.7 Å². The van der Waals surface area contributed by atoms with Crippen molar-refractivity contribution in [3.63, 3.8) is 0 Å². The second-order valence-corrected chi connectivity index (χ2v) is 6.26. The van der Waals surface area contributed by atoms with Crippen LogP contribution in [0.2, 0.25) is 0 Å². The minimum Gasteiger partial charge on any atom is -0.445 e.